The number of alkyl halides is 2. The van der Waals surface area contributed by atoms with Crippen molar-refractivity contribution in [1.82, 2.24) is 0 Å². The summed E-state index contributed by atoms with van der Waals surface area (Å²) < 4.78 is 21.9. The van der Waals surface area contributed by atoms with Gasteiger partial charge in [0, 0.05) is 5.57 Å². The van der Waals surface area contributed by atoms with Gasteiger partial charge < -0.3 is 18.9 Å². The number of allylic oxidation sites excluding steroid dienone is 4. The molecule has 8 heteroatoms. The van der Waals surface area contributed by atoms with Gasteiger partial charge in [-0.3, -0.25) is 0 Å². The van der Waals surface area contributed by atoms with Gasteiger partial charge >= 0.3 is 0 Å². The Morgan fingerprint density at radius 3 is 1.56 bits per heavy atom. The molecule has 0 saturated heterocycles. The minimum absolute atomic E-state index is 0.0180. The Bertz CT molecular complexity index is 1060. The van der Waals surface area contributed by atoms with Gasteiger partial charge in [-0.25, -0.2) is 0 Å². The van der Waals surface area contributed by atoms with Crippen LogP contribution in [0.1, 0.15) is 11.1 Å². The Balaban J connectivity index is 2.32. The van der Waals surface area contributed by atoms with Crippen molar-refractivity contribution in [1.29, 1.82) is 10.5 Å². The summed E-state index contributed by atoms with van der Waals surface area (Å²) in [5.41, 5.74) is 2.04. The molecule has 0 amide bonds. The number of rotatable bonds is 12. The van der Waals surface area contributed by atoms with Gasteiger partial charge in [0.1, 0.15) is 30.9 Å². The molecule has 0 aliphatic rings. The molecule has 2 rings (SSSR count). The zero-order chi connectivity index (χ0) is 24.8. The zero-order valence-electron chi connectivity index (χ0n) is 18.9. The molecule has 0 N–H and O–H groups in total. The van der Waals surface area contributed by atoms with E-state index in [9.17, 15) is 10.5 Å². The monoisotopic (exact) mass is 498 g/mol. The quantitative estimate of drug-likeness (QED) is 0.202. The van der Waals surface area contributed by atoms with Crippen LogP contribution < -0.4 is 18.9 Å². The molecule has 34 heavy (non-hydrogen) atoms. The van der Waals surface area contributed by atoms with Crippen molar-refractivity contribution in [3.05, 3.63) is 70.8 Å². The van der Waals surface area contributed by atoms with E-state index < -0.39 is 0 Å². The zero-order valence-corrected chi connectivity index (χ0v) is 20.4. The van der Waals surface area contributed by atoms with Crippen molar-refractivity contribution in [2.75, 3.05) is 39.2 Å². The topological polar surface area (TPSA) is 84.5 Å². The van der Waals surface area contributed by atoms with Crippen LogP contribution in [0.4, 0.5) is 0 Å². The van der Waals surface area contributed by atoms with Crippen LogP contribution in [0.3, 0.4) is 0 Å². The van der Waals surface area contributed by atoms with E-state index in [0.717, 1.165) is 11.1 Å². The molecule has 0 radical (unpaired) electrons. The Morgan fingerprint density at radius 1 is 0.765 bits per heavy atom. The standard InChI is InChI=1S/C26H24Cl2N2O4/c1-31-25-15-19(5-9-23(25)33-13-11-27)3-7-21(22(17-29)18-30)8-4-20-6-10-24(34-14-12-28)26(16-20)32-2/h3-10,15-16H,11-14H2,1-2H3/b7-3+,8-4+. The maximum atomic E-state index is 9.40. The van der Waals surface area contributed by atoms with Crippen LogP contribution in [0.25, 0.3) is 12.2 Å². The number of benzene rings is 2. The van der Waals surface area contributed by atoms with Crippen molar-refractivity contribution in [2.24, 2.45) is 0 Å². The number of nitriles is 2. The van der Waals surface area contributed by atoms with E-state index in [4.69, 9.17) is 42.1 Å². The van der Waals surface area contributed by atoms with Crippen LogP contribution in [0, 0.1) is 22.7 Å². The van der Waals surface area contributed by atoms with Gasteiger partial charge in [0.25, 0.3) is 0 Å². The highest BCUT2D eigenvalue weighted by Gasteiger charge is 2.07. The average Bonchev–Trinajstić information content (AvgIpc) is 2.88. The normalized spacial score (nSPS) is 10.5. The molecule has 0 fully saturated rings. The molecule has 2 aromatic rings. The largest absolute Gasteiger partial charge is 0.493 e. The highest BCUT2D eigenvalue weighted by molar-refractivity contribution is 6.18. The molecule has 0 bridgehead atoms. The number of hydrogen-bond acceptors (Lipinski definition) is 6. The molecule has 0 atom stereocenters. The molecule has 0 heterocycles. The fourth-order valence-electron chi connectivity index (χ4n) is 2.86. The Hall–Kier alpha value is -3.58. The summed E-state index contributed by atoms with van der Waals surface area (Å²) in [6.45, 7) is 0.728. The summed E-state index contributed by atoms with van der Waals surface area (Å²) in [6.07, 6.45) is 6.96. The second kappa shape index (κ2) is 14.5. The van der Waals surface area contributed by atoms with E-state index >= 15 is 0 Å². The van der Waals surface area contributed by atoms with Gasteiger partial charge in [-0.05, 0) is 35.4 Å². The van der Waals surface area contributed by atoms with Gasteiger partial charge in [0.05, 0.1) is 26.0 Å². The van der Waals surface area contributed by atoms with Crippen LogP contribution >= 0.6 is 23.2 Å². The fraction of sp³-hybridized carbons (Fsp3) is 0.231. The molecule has 0 aromatic heterocycles. The van der Waals surface area contributed by atoms with Gasteiger partial charge in [-0.1, -0.05) is 36.4 Å². The Labute approximate surface area is 209 Å². The lowest BCUT2D eigenvalue weighted by Crippen LogP contribution is -2.00. The summed E-state index contributed by atoms with van der Waals surface area (Å²) >= 11 is 11.4. The van der Waals surface area contributed by atoms with Crippen LogP contribution in [-0.2, 0) is 0 Å². The third kappa shape index (κ3) is 7.78. The molecule has 0 spiro atoms. The smallest absolute Gasteiger partial charge is 0.161 e. The second-order valence-electron chi connectivity index (χ2n) is 6.62. The van der Waals surface area contributed by atoms with E-state index in [1.807, 2.05) is 24.3 Å². The van der Waals surface area contributed by atoms with E-state index in [0.29, 0.717) is 53.5 Å². The van der Waals surface area contributed by atoms with E-state index in [1.165, 1.54) is 0 Å². The number of halogens is 2. The molecule has 0 aliphatic heterocycles. The predicted octanol–water partition coefficient (Wildman–Crippen LogP) is 6.01. The molecule has 2 aromatic carbocycles. The van der Waals surface area contributed by atoms with Crippen LogP contribution in [0.2, 0.25) is 0 Å². The van der Waals surface area contributed by atoms with Crippen molar-refractivity contribution >= 4 is 35.4 Å². The third-order valence-electron chi connectivity index (χ3n) is 4.47. The summed E-state index contributed by atoms with van der Waals surface area (Å²) in [7, 11) is 3.10. The predicted molar refractivity (Wildman–Crippen MR) is 135 cm³/mol. The van der Waals surface area contributed by atoms with Crippen molar-refractivity contribution in [2.45, 2.75) is 0 Å². The summed E-state index contributed by atoms with van der Waals surface area (Å²) in [4.78, 5) is 0. The van der Waals surface area contributed by atoms with Crippen molar-refractivity contribution in [3.8, 4) is 35.1 Å². The van der Waals surface area contributed by atoms with Crippen LogP contribution in [0.5, 0.6) is 23.0 Å². The lowest BCUT2D eigenvalue weighted by Gasteiger charge is -2.10. The van der Waals surface area contributed by atoms with Gasteiger partial charge in [-0.2, -0.15) is 10.5 Å². The van der Waals surface area contributed by atoms with Crippen molar-refractivity contribution in [3.63, 3.8) is 0 Å². The maximum Gasteiger partial charge on any atom is 0.161 e. The SMILES string of the molecule is COc1cc(/C=C/C(/C=C/c2ccc(OCCCl)c(OC)c2)=C(C#N)C#N)ccc1OCCCl. The number of nitrogens with zero attached hydrogens (tertiary/aromatic N) is 2. The average molecular weight is 499 g/mol. The Morgan fingerprint density at radius 2 is 1.21 bits per heavy atom. The van der Waals surface area contributed by atoms with E-state index in [1.54, 1.807) is 62.8 Å². The minimum Gasteiger partial charge on any atom is -0.493 e. The third-order valence-corrected chi connectivity index (χ3v) is 4.78. The number of ether oxygens (including phenoxy) is 4. The maximum absolute atomic E-state index is 9.40. The van der Waals surface area contributed by atoms with Gasteiger partial charge in [-0.15, -0.1) is 23.2 Å². The molecule has 0 saturated carbocycles. The summed E-state index contributed by atoms with van der Waals surface area (Å²) in [5, 5.41) is 18.8. The first kappa shape index (κ1) is 26.7. The molecular weight excluding hydrogens is 475 g/mol. The van der Waals surface area contributed by atoms with Crippen LogP contribution in [0.15, 0.2) is 59.7 Å². The molecule has 0 aliphatic carbocycles. The van der Waals surface area contributed by atoms with Crippen molar-refractivity contribution < 1.29 is 18.9 Å². The molecule has 6 nitrogen and oxygen atoms in total. The van der Waals surface area contributed by atoms with E-state index in [-0.39, 0.29) is 5.57 Å². The lowest BCUT2D eigenvalue weighted by molar-refractivity contribution is 0.312. The second-order valence-corrected chi connectivity index (χ2v) is 7.37. The summed E-state index contributed by atoms with van der Waals surface area (Å²) in [6, 6.07) is 14.7. The first-order valence-corrected chi connectivity index (χ1v) is 11.3. The minimum atomic E-state index is -0.0180. The first-order chi connectivity index (χ1) is 16.6. The highest BCUT2D eigenvalue weighted by Crippen LogP contribution is 2.30. The van der Waals surface area contributed by atoms with Gasteiger partial charge in [0.2, 0.25) is 0 Å². The summed E-state index contributed by atoms with van der Waals surface area (Å²) in [5.74, 6) is 3.00. The van der Waals surface area contributed by atoms with Gasteiger partial charge in [0.15, 0.2) is 23.0 Å². The van der Waals surface area contributed by atoms with Crippen LogP contribution in [-0.4, -0.2) is 39.2 Å². The Kier molecular flexibility index (Phi) is 11.4. The molecular formula is C26H24Cl2N2O4. The van der Waals surface area contributed by atoms with E-state index in [2.05, 4.69) is 0 Å². The number of hydrogen-bond donors (Lipinski definition) is 0. The molecule has 176 valence electrons. The molecule has 0 unspecified atom stereocenters. The fourth-order valence-corrected chi connectivity index (χ4v) is 3.01. The lowest BCUT2D eigenvalue weighted by atomic mass is 10.1. The first-order valence-electron chi connectivity index (χ1n) is 10.2. The number of methoxy groups -OCH3 is 2. The highest BCUT2D eigenvalue weighted by atomic mass is 35.5.